The van der Waals surface area contributed by atoms with Crippen molar-refractivity contribution in [2.75, 3.05) is 0 Å². The summed E-state index contributed by atoms with van der Waals surface area (Å²) in [5, 5.41) is 0. The average molecular weight is 605 g/mol. The SMILES string of the molecule is CC1=C(C)C(C)[C]([Zr]([CH]2C(CC(C)(C)C)=Cc3c(-c4ccccc4)cccc32)=[Si](C)C)=C1C.Cl.Cl. The van der Waals surface area contributed by atoms with Gasteiger partial charge >= 0.3 is 211 Å². The zero-order chi connectivity index (χ0) is 24.1. The molecule has 0 N–H and O–H groups in total. The third kappa shape index (κ3) is 5.93. The van der Waals surface area contributed by atoms with Crippen LogP contribution in [0.4, 0.5) is 0 Å². The molecule has 2 atom stereocenters. The van der Waals surface area contributed by atoms with Gasteiger partial charge in [0.05, 0.1) is 0 Å². The monoisotopic (exact) mass is 602 g/mol. The van der Waals surface area contributed by atoms with Crippen molar-refractivity contribution in [1.82, 2.24) is 0 Å². The summed E-state index contributed by atoms with van der Waals surface area (Å²) in [6.07, 6.45) is 3.83. The van der Waals surface area contributed by atoms with Crippen LogP contribution in [0.2, 0.25) is 13.1 Å². The predicted octanol–water partition coefficient (Wildman–Crippen LogP) is 10.2. The largest absolute Gasteiger partial charge is 0.147 e. The van der Waals surface area contributed by atoms with E-state index in [1.165, 1.54) is 23.1 Å². The fraction of sp³-hybridized carbons (Fsp3) is 0.419. The second-order valence-electron chi connectivity index (χ2n) is 11.5. The van der Waals surface area contributed by atoms with E-state index in [1.807, 2.05) is 3.28 Å². The Labute approximate surface area is 234 Å². The first-order chi connectivity index (χ1) is 15.5. The van der Waals surface area contributed by atoms with Crippen molar-refractivity contribution in [2.45, 2.75) is 71.6 Å². The molecule has 0 saturated heterocycles. The molecule has 0 amide bonds. The van der Waals surface area contributed by atoms with E-state index in [-0.39, 0.29) is 30.2 Å². The smallest absolute Gasteiger partial charge is 0.147 e. The fourth-order valence-corrected chi connectivity index (χ4v) is 26.4. The van der Waals surface area contributed by atoms with Crippen molar-refractivity contribution in [3.63, 3.8) is 0 Å². The van der Waals surface area contributed by atoms with Gasteiger partial charge in [-0.2, -0.15) is 0 Å². The van der Waals surface area contributed by atoms with Crippen LogP contribution in [0.5, 0.6) is 0 Å². The molecule has 2 aliphatic rings. The topological polar surface area (TPSA) is 0 Å². The number of hydrogen-bond acceptors (Lipinski definition) is 0. The zero-order valence-corrected chi connectivity index (χ0v) is 28.0. The Morgan fingerprint density at radius 1 is 0.857 bits per heavy atom. The van der Waals surface area contributed by atoms with Crippen molar-refractivity contribution in [1.29, 1.82) is 0 Å². The van der Waals surface area contributed by atoms with Gasteiger partial charge in [-0.15, -0.1) is 24.8 Å². The molecule has 2 aromatic rings. The Morgan fingerprint density at radius 2 is 1.49 bits per heavy atom. The number of halogens is 2. The van der Waals surface area contributed by atoms with Crippen molar-refractivity contribution in [3.05, 3.63) is 85.2 Å². The van der Waals surface area contributed by atoms with Gasteiger partial charge in [-0.25, -0.2) is 0 Å². The van der Waals surface area contributed by atoms with E-state index in [0.717, 1.165) is 0 Å². The molecule has 0 aromatic heterocycles. The van der Waals surface area contributed by atoms with Gasteiger partial charge in [0.2, 0.25) is 0 Å². The molecule has 4 heteroatoms. The molecule has 2 aromatic carbocycles. The Hall–Kier alpha value is -0.660. The number of fused-ring (bicyclic) bond motifs is 1. The maximum Gasteiger partial charge on any atom is -0.147 e. The van der Waals surface area contributed by atoms with Gasteiger partial charge in [0.1, 0.15) is 0 Å². The van der Waals surface area contributed by atoms with Gasteiger partial charge in [-0.1, -0.05) is 0 Å². The molecule has 0 heterocycles. The second-order valence-corrected chi connectivity index (χ2v) is 28.9. The Balaban J connectivity index is 0.00000216. The van der Waals surface area contributed by atoms with Crippen LogP contribution >= 0.6 is 24.8 Å². The second kappa shape index (κ2) is 11.8. The summed E-state index contributed by atoms with van der Waals surface area (Å²) in [5.41, 5.74) is 12.4. The first kappa shape index (κ1) is 30.6. The summed E-state index contributed by atoms with van der Waals surface area (Å²) >= 11 is -2.00. The zero-order valence-electron chi connectivity index (χ0n) is 22.9. The molecule has 0 aliphatic heterocycles. The van der Waals surface area contributed by atoms with E-state index in [1.54, 1.807) is 27.9 Å². The maximum absolute atomic E-state index is 2.63. The normalized spacial score (nSPS) is 19.2. The van der Waals surface area contributed by atoms with E-state index >= 15 is 0 Å². The van der Waals surface area contributed by atoms with Crippen LogP contribution in [0.25, 0.3) is 17.2 Å². The van der Waals surface area contributed by atoms with Crippen LogP contribution in [0.15, 0.2) is 74.1 Å². The standard InChI is InChI=1S/C20H21.C9H13.C2H6Si.2ClH.Zr/c1-20(2,3)14-15-12-17-10-7-11-18(19(17)13-15)16-8-5-4-6-9-16;1-6-5-7(2)9(4)8(6)3;1-3-2;;;/h4-13H,14H2,1-3H3;6H,1-4H3;1-2H3;2*1H;. The molecular weight excluding hydrogens is 563 g/mol. The van der Waals surface area contributed by atoms with Crippen LogP contribution in [0.1, 0.15) is 69.6 Å². The van der Waals surface area contributed by atoms with Crippen molar-refractivity contribution < 1.29 is 20.4 Å². The first-order valence-electron chi connectivity index (χ1n) is 12.5. The molecule has 0 fully saturated rings. The minimum absolute atomic E-state index is 0. The fourth-order valence-electron chi connectivity index (χ4n) is 5.95. The molecule has 0 spiro atoms. The van der Waals surface area contributed by atoms with Gasteiger partial charge in [-0.3, -0.25) is 0 Å². The molecule has 4 rings (SSSR count). The summed E-state index contributed by atoms with van der Waals surface area (Å²) < 4.78 is 2.62. The van der Waals surface area contributed by atoms with Crippen molar-refractivity contribution in [2.24, 2.45) is 11.3 Å². The van der Waals surface area contributed by atoms with Crippen molar-refractivity contribution >= 4 is 36.3 Å². The number of rotatable bonds is 4. The summed E-state index contributed by atoms with van der Waals surface area (Å²) in [5.74, 6) is 0.650. The van der Waals surface area contributed by atoms with E-state index in [0.29, 0.717) is 15.0 Å². The predicted molar refractivity (Wildman–Crippen MR) is 159 cm³/mol. The van der Waals surface area contributed by atoms with Crippen LogP contribution in [0, 0.1) is 11.3 Å². The van der Waals surface area contributed by atoms with Crippen LogP contribution in [-0.2, 0) is 20.4 Å². The first-order valence-corrected chi connectivity index (χ1v) is 21.3. The van der Waals surface area contributed by atoms with Crippen LogP contribution in [0.3, 0.4) is 0 Å². The van der Waals surface area contributed by atoms with E-state index in [4.69, 9.17) is 0 Å². The van der Waals surface area contributed by atoms with Gasteiger partial charge in [0, 0.05) is 0 Å². The quantitative estimate of drug-likeness (QED) is 0.305. The summed E-state index contributed by atoms with van der Waals surface area (Å²) in [6.45, 7) is 22.2. The van der Waals surface area contributed by atoms with Gasteiger partial charge in [0.25, 0.3) is 0 Å². The molecule has 0 nitrogen and oxygen atoms in total. The Bertz CT molecular complexity index is 1220. The summed E-state index contributed by atoms with van der Waals surface area (Å²) in [4.78, 5) is 0. The van der Waals surface area contributed by atoms with Crippen LogP contribution in [-0.4, -0.2) is 5.43 Å². The molecule has 2 aliphatic carbocycles. The van der Waals surface area contributed by atoms with E-state index in [9.17, 15) is 0 Å². The maximum atomic E-state index is 2.63. The molecule has 0 saturated carbocycles. The minimum atomic E-state index is -2.00. The van der Waals surface area contributed by atoms with E-state index < -0.39 is 20.4 Å². The number of benzene rings is 2. The van der Waals surface area contributed by atoms with Gasteiger partial charge in [0.15, 0.2) is 0 Å². The van der Waals surface area contributed by atoms with Gasteiger partial charge in [-0.05, 0) is 0 Å². The average Bonchev–Trinajstić information content (AvgIpc) is 3.19. The molecule has 2 unspecified atom stereocenters. The molecule has 0 bridgehead atoms. The molecule has 35 heavy (non-hydrogen) atoms. The van der Waals surface area contributed by atoms with Crippen LogP contribution < -0.4 is 0 Å². The Kier molecular flexibility index (Phi) is 10.3. The summed E-state index contributed by atoms with van der Waals surface area (Å²) in [6, 6.07) is 18.2. The third-order valence-electron chi connectivity index (χ3n) is 7.73. The number of hydrogen-bond donors (Lipinski definition) is 0. The number of allylic oxidation sites excluding steroid dienone is 5. The minimum Gasteiger partial charge on any atom is -0.147 e. The van der Waals surface area contributed by atoms with E-state index in [2.05, 4.69) is 116 Å². The molecule has 0 radical (unpaired) electrons. The summed E-state index contributed by atoms with van der Waals surface area (Å²) in [7, 11) is 0. The Morgan fingerprint density at radius 3 is 2.00 bits per heavy atom. The molecule has 188 valence electrons. The molecular formula is C31H42Cl2SiZr. The van der Waals surface area contributed by atoms with Gasteiger partial charge < -0.3 is 0 Å². The van der Waals surface area contributed by atoms with Crippen molar-refractivity contribution in [3.8, 4) is 11.1 Å². The third-order valence-corrected chi connectivity index (χ3v) is 26.6.